The first-order valence-corrected chi connectivity index (χ1v) is 14.1. The SMILES string of the molecule is CCCCCCCCCCCCCCCC/C=C/CCCCC(CC(=O)O)C(=O)OCCC. The molecule has 0 aromatic carbocycles. The van der Waals surface area contributed by atoms with Crippen LogP contribution in [0.25, 0.3) is 0 Å². The van der Waals surface area contributed by atoms with Crippen molar-refractivity contribution in [3.63, 3.8) is 0 Å². The third-order valence-corrected chi connectivity index (χ3v) is 6.27. The Morgan fingerprint density at radius 2 is 1.12 bits per heavy atom. The molecule has 0 aliphatic rings. The summed E-state index contributed by atoms with van der Waals surface area (Å²) in [4.78, 5) is 22.9. The summed E-state index contributed by atoms with van der Waals surface area (Å²) < 4.78 is 5.13. The molecule has 0 aliphatic heterocycles. The van der Waals surface area contributed by atoms with Crippen molar-refractivity contribution < 1.29 is 19.4 Å². The third-order valence-electron chi connectivity index (χ3n) is 6.27. The molecule has 1 N–H and O–H groups in total. The van der Waals surface area contributed by atoms with Crippen molar-refractivity contribution in [2.75, 3.05) is 6.61 Å². The first kappa shape index (κ1) is 31.7. The van der Waals surface area contributed by atoms with Gasteiger partial charge < -0.3 is 9.84 Å². The summed E-state index contributed by atoms with van der Waals surface area (Å²) in [7, 11) is 0. The van der Waals surface area contributed by atoms with E-state index in [0.717, 1.165) is 32.1 Å². The van der Waals surface area contributed by atoms with Crippen LogP contribution in [0.1, 0.15) is 149 Å². The summed E-state index contributed by atoms with van der Waals surface area (Å²) in [5.74, 6) is -1.79. The lowest BCUT2D eigenvalue weighted by molar-refractivity contribution is -0.153. The van der Waals surface area contributed by atoms with Crippen LogP contribution in [0.4, 0.5) is 0 Å². The first-order valence-electron chi connectivity index (χ1n) is 14.1. The Hall–Kier alpha value is -1.32. The van der Waals surface area contributed by atoms with E-state index in [1.165, 1.54) is 89.9 Å². The van der Waals surface area contributed by atoms with Crippen molar-refractivity contribution in [3.05, 3.63) is 12.2 Å². The quantitative estimate of drug-likeness (QED) is 0.0828. The van der Waals surface area contributed by atoms with Gasteiger partial charge in [0, 0.05) is 0 Å². The van der Waals surface area contributed by atoms with Crippen LogP contribution in [-0.2, 0) is 14.3 Å². The second-order valence-electron chi connectivity index (χ2n) is 9.60. The lowest BCUT2D eigenvalue weighted by Gasteiger charge is -2.13. The molecular weight excluding hydrogens is 412 g/mol. The minimum Gasteiger partial charge on any atom is -0.481 e. The van der Waals surface area contributed by atoms with E-state index < -0.39 is 11.9 Å². The molecule has 0 saturated carbocycles. The van der Waals surface area contributed by atoms with E-state index in [-0.39, 0.29) is 12.4 Å². The molecule has 4 nitrogen and oxygen atoms in total. The summed E-state index contributed by atoms with van der Waals surface area (Å²) in [5.41, 5.74) is 0. The highest BCUT2D eigenvalue weighted by atomic mass is 16.5. The van der Waals surface area contributed by atoms with Gasteiger partial charge in [0.2, 0.25) is 0 Å². The Morgan fingerprint density at radius 1 is 0.667 bits per heavy atom. The maximum absolute atomic E-state index is 12.0. The molecule has 0 amide bonds. The summed E-state index contributed by atoms with van der Waals surface area (Å²) >= 11 is 0. The number of carbonyl (C=O) groups is 2. The molecule has 0 aromatic rings. The number of ether oxygens (including phenoxy) is 1. The molecule has 0 radical (unpaired) electrons. The lowest BCUT2D eigenvalue weighted by atomic mass is 9.98. The number of rotatable bonds is 25. The van der Waals surface area contributed by atoms with Gasteiger partial charge in [-0.2, -0.15) is 0 Å². The minimum atomic E-state index is -0.929. The Bertz CT molecular complexity index is 472. The highest BCUT2D eigenvalue weighted by molar-refractivity contribution is 5.79. The molecule has 194 valence electrons. The highest BCUT2D eigenvalue weighted by Crippen LogP contribution is 2.17. The standard InChI is InChI=1S/C29H54O4/c1-3-5-6-7-8-9-10-11-12-13-14-15-16-17-18-19-20-21-22-23-24-27(26-28(30)31)29(32)33-25-4-2/h19-20,27H,3-18,21-26H2,1-2H3,(H,30,31)/b20-19+. The van der Waals surface area contributed by atoms with Crippen LogP contribution in [0, 0.1) is 5.92 Å². The maximum atomic E-state index is 12.0. The average Bonchev–Trinajstić information content (AvgIpc) is 2.80. The van der Waals surface area contributed by atoms with Gasteiger partial charge in [0.15, 0.2) is 0 Å². The van der Waals surface area contributed by atoms with Crippen LogP contribution in [0.5, 0.6) is 0 Å². The molecule has 0 rings (SSSR count). The zero-order valence-electron chi connectivity index (χ0n) is 22.0. The van der Waals surface area contributed by atoms with Gasteiger partial charge in [-0.25, -0.2) is 0 Å². The van der Waals surface area contributed by atoms with Crippen molar-refractivity contribution in [1.29, 1.82) is 0 Å². The van der Waals surface area contributed by atoms with Crippen molar-refractivity contribution in [1.82, 2.24) is 0 Å². The molecule has 33 heavy (non-hydrogen) atoms. The smallest absolute Gasteiger partial charge is 0.309 e. The maximum Gasteiger partial charge on any atom is 0.309 e. The molecule has 0 aliphatic carbocycles. The predicted octanol–water partition coefficient (Wildman–Crippen LogP) is 9.02. The van der Waals surface area contributed by atoms with E-state index in [0.29, 0.717) is 13.0 Å². The van der Waals surface area contributed by atoms with Gasteiger partial charge in [0.05, 0.1) is 18.9 Å². The van der Waals surface area contributed by atoms with Crippen LogP contribution >= 0.6 is 0 Å². The molecule has 0 spiro atoms. The number of carboxylic acid groups (broad SMARTS) is 1. The number of allylic oxidation sites excluding steroid dienone is 2. The summed E-state index contributed by atoms with van der Waals surface area (Å²) in [5, 5.41) is 9.00. The van der Waals surface area contributed by atoms with Crippen molar-refractivity contribution in [2.45, 2.75) is 149 Å². The van der Waals surface area contributed by atoms with Gasteiger partial charge in [-0.1, -0.05) is 116 Å². The van der Waals surface area contributed by atoms with Gasteiger partial charge >= 0.3 is 11.9 Å². The normalized spacial score (nSPS) is 12.3. The average molecular weight is 467 g/mol. The molecule has 1 atom stereocenters. The molecule has 1 unspecified atom stereocenters. The Labute approximate surface area is 204 Å². The van der Waals surface area contributed by atoms with Gasteiger partial charge in [0.1, 0.15) is 0 Å². The van der Waals surface area contributed by atoms with Crippen LogP contribution in [0.3, 0.4) is 0 Å². The molecule has 0 fully saturated rings. The summed E-state index contributed by atoms with van der Waals surface area (Å²) in [6.07, 6.45) is 29.3. The van der Waals surface area contributed by atoms with Crippen LogP contribution in [0.2, 0.25) is 0 Å². The van der Waals surface area contributed by atoms with E-state index >= 15 is 0 Å². The predicted molar refractivity (Wildman–Crippen MR) is 140 cm³/mol. The third kappa shape index (κ3) is 23.6. The Kier molecular flexibility index (Phi) is 24.3. The lowest BCUT2D eigenvalue weighted by Crippen LogP contribution is -2.21. The van der Waals surface area contributed by atoms with Gasteiger partial charge in [-0.3, -0.25) is 9.59 Å². The second-order valence-corrected chi connectivity index (χ2v) is 9.60. The number of aliphatic carboxylic acids is 1. The number of carboxylic acids is 1. The molecule has 0 heterocycles. The minimum absolute atomic E-state index is 0.127. The largest absolute Gasteiger partial charge is 0.481 e. The zero-order chi connectivity index (χ0) is 24.4. The molecule has 0 aromatic heterocycles. The fourth-order valence-corrected chi connectivity index (χ4v) is 4.18. The number of carbonyl (C=O) groups excluding carboxylic acids is 1. The summed E-state index contributed by atoms with van der Waals surface area (Å²) in [6, 6.07) is 0. The fourth-order valence-electron chi connectivity index (χ4n) is 4.18. The van der Waals surface area contributed by atoms with Gasteiger partial charge in [-0.15, -0.1) is 0 Å². The first-order chi connectivity index (χ1) is 16.1. The van der Waals surface area contributed by atoms with Crippen molar-refractivity contribution in [3.8, 4) is 0 Å². The van der Waals surface area contributed by atoms with Crippen LogP contribution in [0.15, 0.2) is 12.2 Å². The molecular formula is C29H54O4. The second kappa shape index (κ2) is 25.3. The Balaban J connectivity index is 3.48. The van der Waals surface area contributed by atoms with Crippen LogP contribution in [-0.4, -0.2) is 23.7 Å². The molecule has 0 saturated heterocycles. The van der Waals surface area contributed by atoms with E-state index in [2.05, 4.69) is 19.1 Å². The fraction of sp³-hybridized carbons (Fsp3) is 0.862. The summed E-state index contributed by atoms with van der Waals surface area (Å²) in [6.45, 7) is 4.58. The Morgan fingerprint density at radius 3 is 1.58 bits per heavy atom. The van der Waals surface area contributed by atoms with Gasteiger partial charge in [-0.05, 0) is 38.5 Å². The van der Waals surface area contributed by atoms with Crippen molar-refractivity contribution >= 4 is 11.9 Å². The molecule has 4 heteroatoms. The number of hydrogen-bond donors (Lipinski definition) is 1. The zero-order valence-corrected chi connectivity index (χ0v) is 22.0. The monoisotopic (exact) mass is 466 g/mol. The van der Waals surface area contributed by atoms with E-state index in [4.69, 9.17) is 9.84 Å². The molecule has 0 bridgehead atoms. The topological polar surface area (TPSA) is 63.6 Å². The van der Waals surface area contributed by atoms with E-state index in [1.807, 2.05) is 6.92 Å². The van der Waals surface area contributed by atoms with Crippen LogP contribution < -0.4 is 0 Å². The number of unbranched alkanes of at least 4 members (excludes halogenated alkanes) is 16. The van der Waals surface area contributed by atoms with E-state index in [1.54, 1.807) is 0 Å². The van der Waals surface area contributed by atoms with E-state index in [9.17, 15) is 9.59 Å². The van der Waals surface area contributed by atoms with Crippen molar-refractivity contribution in [2.24, 2.45) is 5.92 Å². The number of esters is 1. The van der Waals surface area contributed by atoms with Gasteiger partial charge in [0.25, 0.3) is 0 Å². The highest BCUT2D eigenvalue weighted by Gasteiger charge is 2.22. The number of hydrogen-bond acceptors (Lipinski definition) is 3.